The first-order valence-electron chi connectivity index (χ1n) is 11.5. The zero-order chi connectivity index (χ0) is 24.1. The van der Waals surface area contributed by atoms with E-state index in [2.05, 4.69) is 10.2 Å². The molecule has 3 fully saturated rings. The second-order valence-electron chi connectivity index (χ2n) is 9.82. The summed E-state index contributed by atoms with van der Waals surface area (Å²) in [4.78, 5) is 55.9. The largest absolute Gasteiger partial charge is 0.324 e. The minimum Gasteiger partial charge on any atom is -0.324 e. The standard InChI is InChI=1S/C25H24N4O5/c1-12-10-13(2)21-15(11-12)25(24(32)26-21)20-19(18-8-5-9-27(18)25)22(30)28(23(20)31)16-6-4-7-17(14(16)3)29(33)34/h4,6-7,10-11,18-20H,5,8-9H2,1-3H3,(H,26,32). The highest BCUT2D eigenvalue weighted by atomic mass is 16.6. The Morgan fingerprint density at radius 1 is 1.12 bits per heavy atom. The van der Waals surface area contributed by atoms with Gasteiger partial charge < -0.3 is 5.32 Å². The molecule has 4 aliphatic heterocycles. The molecule has 174 valence electrons. The van der Waals surface area contributed by atoms with Gasteiger partial charge >= 0.3 is 0 Å². The van der Waals surface area contributed by atoms with Crippen LogP contribution in [0.1, 0.15) is 35.1 Å². The molecule has 34 heavy (non-hydrogen) atoms. The van der Waals surface area contributed by atoms with Gasteiger partial charge in [-0.05, 0) is 51.8 Å². The number of amides is 3. The zero-order valence-electron chi connectivity index (χ0n) is 19.1. The molecule has 4 atom stereocenters. The highest BCUT2D eigenvalue weighted by molar-refractivity contribution is 6.26. The van der Waals surface area contributed by atoms with E-state index in [1.165, 1.54) is 12.1 Å². The fraction of sp³-hybridized carbons (Fsp3) is 0.400. The number of anilines is 2. The summed E-state index contributed by atoms with van der Waals surface area (Å²) in [6.45, 7) is 6.06. The number of hydrogen-bond donors (Lipinski definition) is 1. The highest BCUT2D eigenvalue weighted by Gasteiger charge is 2.74. The molecule has 0 bridgehead atoms. The molecule has 4 aliphatic rings. The maximum atomic E-state index is 14.1. The van der Waals surface area contributed by atoms with Gasteiger partial charge in [0.15, 0.2) is 0 Å². The number of rotatable bonds is 2. The average molecular weight is 460 g/mol. The molecule has 0 aliphatic carbocycles. The SMILES string of the molecule is Cc1cc(C)c2c(c1)C1(C(=O)N2)C2C(=O)N(c3cccc([N+](=O)[O-])c3C)C(=O)C2C2CCCN21. The van der Waals surface area contributed by atoms with E-state index in [0.29, 0.717) is 12.2 Å². The summed E-state index contributed by atoms with van der Waals surface area (Å²) in [5, 5.41) is 14.5. The lowest BCUT2D eigenvalue weighted by Gasteiger charge is -2.37. The van der Waals surface area contributed by atoms with Crippen molar-refractivity contribution in [1.29, 1.82) is 0 Å². The predicted octanol–water partition coefficient (Wildman–Crippen LogP) is 2.95. The second-order valence-corrected chi connectivity index (χ2v) is 9.82. The number of nitrogens with zero attached hydrogens (tertiary/aromatic N) is 3. The zero-order valence-corrected chi connectivity index (χ0v) is 19.1. The van der Waals surface area contributed by atoms with Crippen LogP contribution in [0.15, 0.2) is 30.3 Å². The van der Waals surface area contributed by atoms with E-state index in [0.717, 1.165) is 34.4 Å². The van der Waals surface area contributed by atoms with Gasteiger partial charge in [-0.2, -0.15) is 0 Å². The van der Waals surface area contributed by atoms with Crippen molar-refractivity contribution in [3.05, 3.63) is 62.7 Å². The maximum absolute atomic E-state index is 14.1. The minimum absolute atomic E-state index is 0.150. The van der Waals surface area contributed by atoms with E-state index in [1.54, 1.807) is 13.0 Å². The number of benzene rings is 2. The number of nitro benzene ring substituents is 1. The topological polar surface area (TPSA) is 113 Å². The summed E-state index contributed by atoms with van der Waals surface area (Å²) < 4.78 is 0. The quantitative estimate of drug-likeness (QED) is 0.419. The van der Waals surface area contributed by atoms with Gasteiger partial charge in [0.2, 0.25) is 17.7 Å². The van der Waals surface area contributed by atoms with Crippen molar-refractivity contribution in [3.63, 3.8) is 0 Å². The van der Waals surface area contributed by atoms with Crippen molar-refractivity contribution in [2.24, 2.45) is 11.8 Å². The van der Waals surface area contributed by atoms with Gasteiger partial charge in [0.25, 0.3) is 5.69 Å². The molecule has 0 saturated carbocycles. The number of fused-ring (bicyclic) bond motifs is 7. The number of imide groups is 1. The van der Waals surface area contributed by atoms with Crippen LogP contribution in [0.4, 0.5) is 17.1 Å². The van der Waals surface area contributed by atoms with Crippen molar-refractivity contribution in [2.75, 3.05) is 16.8 Å². The van der Waals surface area contributed by atoms with Gasteiger partial charge in [0.05, 0.1) is 28.0 Å². The molecule has 0 aromatic heterocycles. The molecule has 9 nitrogen and oxygen atoms in total. The third-order valence-electron chi connectivity index (χ3n) is 8.16. The van der Waals surface area contributed by atoms with Crippen molar-refractivity contribution < 1.29 is 19.3 Å². The predicted molar refractivity (Wildman–Crippen MR) is 123 cm³/mol. The van der Waals surface area contributed by atoms with E-state index in [9.17, 15) is 24.5 Å². The van der Waals surface area contributed by atoms with Gasteiger partial charge in [-0.3, -0.25) is 29.4 Å². The Labute approximate surface area is 195 Å². The molecule has 1 N–H and O–H groups in total. The monoisotopic (exact) mass is 460 g/mol. The molecule has 6 rings (SSSR count). The van der Waals surface area contributed by atoms with Crippen LogP contribution in [0.25, 0.3) is 0 Å². The summed E-state index contributed by atoms with van der Waals surface area (Å²) >= 11 is 0. The fourth-order valence-electron chi connectivity index (χ4n) is 6.95. The van der Waals surface area contributed by atoms with E-state index in [4.69, 9.17) is 0 Å². The Kier molecular flexibility index (Phi) is 4.15. The summed E-state index contributed by atoms with van der Waals surface area (Å²) in [7, 11) is 0. The molecular weight excluding hydrogens is 436 g/mol. The van der Waals surface area contributed by atoms with E-state index in [1.807, 2.05) is 26.0 Å². The van der Waals surface area contributed by atoms with E-state index >= 15 is 0 Å². The van der Waals surface area contributed by atoms with Crippen LogP contribution < -0.4 is 10.2 Å². The second kappa shape index (κ2) is 6.73. The van der Waals surface area contributed by atoms with Crippen LogP contribution >= 0.6 is 0 Å². The number of carbonyl (C=O) groups excluding carboxylic acids is 3. The van der Waals surface area contributed by atoms with Crippen molar-refractivity contribution in [1.82, 2.24) is 4.90 Å². The van der Waals surface area contributed by atoms with Gasteiger partial charge in [-0.25, -0.2) is 4.90 Å². The average Bonchev–Trinajstić information content (AvgIpc) is 3.48. The summed E-state index contributed by atoms with van der Waals surface area (Å²) in [5.74, 6) is -2.67. The number of aryl methyl sites for hydroxylation is 2. The molecule has 4 unspecified atom stereocenters. The molecule has 9 heteroatoms. The molecule has 3 saturated heterocycles. The lowest BCUT2D eigenvalue weighted by molar-refractivity contribution is -0.385. The minimum atomic E-state index is -1.26. The van der Waals surface area contributed by atoms with Crippen LogP contribution in [0.5, 0.6) is 0 Å². The highest BCUT2D eigenvalue weighted by Crippen LogP contribution is 2.61. The Hall–Kier alpha value is -3.59. The Morgan fingerprint density at radius 3 is 2.62 bits per heavy atom. The molecule has 2 aromatic rings. The van der Waals surface area contributed by atoms with Gasteiger partial charge in [0.1, 0.15) is 5.54 Å². The Morgan fingerprint density at radius 2 is 1.88 bits per heavy atom. The summed E-state index contributed by atoms with van der Waals surface area (Å²) in [6, 6.07) is 8.12. The first kappa shape index (κ1) is 21.0. The number of hydrogen-bond acceptors (Lipinski definition) is 6. The van der Waals surface area contributed by atoms with Gasteiger partial charge in [-0.1, -0.05) is 23.8 Å². The molecular formula is C25H24N4O5. The van der Waals surface area contributed by atoms with Crippen LogP contribution in [-0.4, -0.2) is 40.1 Å². The maximum Gasteiger partial charge on any atom is 0.274 e. The number of carbonyl (C=O) groups is 3. The van der Waals surface area contributed by atoms with E-state index in [-0.39, 0.29) is 34.8 Å². The normalized spacial score (nSPS) is 29.6. The fourth-order valence-corrected chi connectivity index (χ4v) is 6.95. The van der Waals surface area contributed by atoms with Crippen molar-refractivity contribution in [2.45, 2.75) is 45.2 Å². The molecule has 4 heterocycles. The molecule has 3 amide bonds. The lowest BCUT2D eigenvalue weighted by Crippen LogP contribution is -2.54. The van der Waals surface area contributed by atoms with Crippen LogP contribution in [0.3, 0.4) is 0 Å². The molecule has 2 aromatic carbocycles. The number of nitrogens with one attached hydrogen (secondary N) is 1. The third-order valence-corrected chi connectivity index (χ3v) is 8.16. The van der Waals surface area contributed by atoms with Gasteiger partial charge in [0, 0.05) is 23.4 Å². The van der Waals surface area contributed by atoms with Crippen LogP contribution in [-0.2, 0) is 19.9 Å². The molecule has 1 spiro atoms. The van der Waals surface area contributed by atoms with Crippen LogP contribution in [0.2, 0.25) is 0 Å². The number of nitro groups is 1. The third kappa shape index (κ3) is 2.30. The lowest BCUT2D eigenvalue weighted by atomic mass is 9.75. The van der Waals surface area contributed by atoms with Crippen molar-refractivity contribution >= 4 is 34.8 Å². The van der Waals surface area contributed by atoms with Crippen LogP contribution in [0, 0.1) is 42.7 Å². The van der Waals surface area contributed by atoms with Crippen molar-refractivity contribution in [3.8, 4) is 0 Å². The summed E-state index contributed by atoms with van der Waals surface area (Å²) in [6.07, 6.45) is 1.55. The molecule has 0 radical (unpaired) electrons. The van der Waals surface area contributed by atoms with E-state index < -0.39 is 28.2 Å². The Balaban J connectivity index is 1.57. The summed E-state index contributed by atoms with van der Waals surface area (Å²) in [5.41, 5.74) is 2.44. The first-order valence-corrected chi connectivity index (χ1v) is 11.5. The Bertz CT molecular complexity index is 1340. The smallest absolute Gasteiger partial charge is 0.274 e. The first-order chi connectivity index (χ1) is 16.2. The van der Waals surface area contributed by atoms with Gasteiger partial charge in [-0.15, -0.1) is 0 Å².